The molecule has 1 aliphatic rings. The number of para-hydroxylation sites is 1. The van der Waals surface area contributed by atoms with Gasteiger partial charge in [-0.3, -0.25) is 4.79 Å². The largest absolute Gasteiger partial charge is 0.506 e. The van der Waals surface area contributed by atoms with Gasteiger partial charge in [-0.05, 0) is 36.2 Å². The first-order valence-electron chi connectivity index (χ1n) is 11.7. The Hall–Kier alpha value is -4.44. The fourth-order valence-corrected chi connectivity index (χ4v) is 5.12. The highest BCUT2D eigenvalue weighted by Crippen LogP contribution is 2.34. The predicted octanol–water partition coefficient (Wildman–Crippen LogP) is 4.48. The van der Waals surface area contributed by atoms with Crippen molar-refractivity contribution in [2.75, 3.05) is 5.32 Å². The minimum Gasteiger partial charge on any atom is -0.506 e. The number of aromatic nitrogens is 1. The maximum absolute atomic E-state index is 13.4. The van der Waals surface area contributed by atoms with Gasteiger partial charge >= 0.3 is 0 Å². The molecule has 10 heteroatoms. The lowest BCUT2D eigenvalue weighted by Gasteiger charge is -2.20. The van der Waals surface area contributed by atoms with Crippen molar-refractivity contribution in [2.45, 2.75) is 31.3 Å². The number of ether oxygens (including phenoxy) is 1. The third-order valence-corrected chi connectivity index (χ3v) is 7.14. The Balaban J connectivity index is 1.56. The number of amidine groups is 1. The van der Waals surface area contributed by atoms with Gasteiger partial charge in [0, 0.05) is 17.7 Å². The van der Waals surface area contributed by atoms with Crippen molar-refractivity contribution >= 4 is 38.7 Å². The lowest BCUT2D eigenvalue weighted by atomic mass is 10.1. The summed E-state index contributed by atoms with van der Waals surface area (Å²) in [6, 6.07) is 20.7. The Kier molecular flexibility index (Phi) is 6.49. The number of anilines is 1. The number of rotatable bonds is 7. The van der Waals surface area contributed by atoms with Gasteiger partial charge in [-0.2, -0.15) is 18.2 Å². The van der Waals surface area contributed by atoms with Gasteiger partial charge in [0.2, 0.25) is 0 Å². The van der Waals surface area contributed by atoms with E-state index < -0.39 is 15.6 Å². The number of sulfonamides is 1. The summed E-state index contributed by atoms with van der Waals surface area (Å²) in [6.45, 7) is 2.25. The van der Waals surface area contributed by atoms with Crippen LogP contribution in [0.5, 0.6) is 11.5 Å². The lowest BCUT2D eigenvalue weighted by molar-refractivity contribution is 0.305. The fourth-order valence-electron chi connectivity index (χ4n) is 3.98. The van der Waals surface area contributed by atoms with Gasteiger partial charge in [0.15, 0.2) is 5.84 Å². The zero-order valence-corrected chi connectivity index (χ0v) is 20.8. The van der Waals surface area contributed by atoms with E-state index in [0.717, 1.165) is 16.7 Å². The van der Waals surface area contributed by atoms with Crippen LogP contribution < -0.4 is 15.6 Å². The van der Waals surface area contributed by atoms with Gasteiger partial charge < -0.3 is 15.2 Å². The average molecular weight is 517 g/mol. The van der Waals surface area contributed by atoms with Crippen LogP contribution in [0.1, 0.15) is 30.9 Å². The van der Waals surface area contributed by atoms with Crippen LogP contribution >= 0.6 is 0 Å². The number of pyridine rings is 1. The molecule has 0 atom stereocenters. The highest BCUT2D eigenvalue weighted by atomic mass is 32.2. The van der Waals surface area contributed by atoms with Crippen LogP contribution in [-0.2, 0) is 16.6 Å². The van der Waals surface area contributed by atoms with Crippen molar-refractivity contribution in [3.8, 4) is 11.5 Å². The summed E-state index contributed by atoms with van der Waals surface area (Å²) in [5.74, 6) is -0.304. The smallest absolute Gasteiger partial charge is 0.286 e. The van der Waals surface area contributed by atoms with Crippen LogP contribution in [0, 0.1) is 0 Å². The summed E-state index contributed by atoms with van der Waals surface area (Å²) in [4.78, 5) is 13.4. The van der Waals surface area contributed by atoms with E-state index in [4.69, 9.17) is 4.74 Å². The first-order chi connectivity index (χ1) is 17.9. The third kappa shape index (κ3) is 4.70. The summed E-state index contributed by atoms with van der Waals surface area (Å²) in [5.41, 5.74) is 0.555. The Bertz CT molecular complexity index is 1710. The summed E-state index contributed by atoms with van der Waals surface area (Å²) in [5, 5.41) is 18.5. The molecule has 3 aromatic carbocycles. The molecule has 9 nitrogen and oxygen atoms in total. The molecule has 4 aromatic rings. The number of fused-ring (bicyclic) bond motifs is 2. The molecular weight excluding hydrogens is 492 g/mol. The number of nitrogens with one attached hydrogen (secondary N) is 1. The molecule has 2 heterocycles. The normalized spacial score (nSPS) is 14.2. The summed E-state index contributed by atoms with van der Waals surface area (Å²) in [6.07, 6.45) is 3.09. The van der Waals surface area contributed by atoms with E-state index in [1.807, 2.05) is 37.3 Å². The van der Waals surface area contributed by atoms with Crippen molar-refractivity contribution in [1.29, 1.82) is 0 Å². The second kappa shape index (κ2) is 9.90. The molecule has 1 aliphatic heterocycles. The first-order valence-corrected chi connectivity index (χ1v) is 13.2. The zero-order valence-electron chi connectivity index (χ0n) is 20.0. The minimum atomic E-state index is -4.22. The van der Waals surface area contributed by atoms with Crippen molar-refractivity contribution in [2.24, 2.45) is 9.50 Å². The number of benzene rings is 3. The van der Waals surface area contributed by atoms with Gasteiger partial charge in [0.1, 0.15) is 28.6 Å². The quantitative estimate of drug-likeness (QED) is 0.349. The maximum Gasteiger partial charge on any atom is 0.286 e. The number of nitrogens with zero attached hydrogens (tertiary/aromatic N) is 3. The van der Waals surface area contributed by atoms with E-state index in [0.29, 0.717) is 23.1 Å². The minimum absolute atomic E-state index is 0.0941. The van der Waals surface area contributed by atoms with Gasteiger partial charge in [0.25, 0.3) is 15.6 Å². The lowest BCUT2D eigenvalue weighted by Crippen LogP contribution is -2.31. The number of hydrogen-bond donors (Lipinski definition) is 2. The van der Waals surface area contributed by atoms with E-state index in [1.54, 1.807) is 36.5 Å². The molecule has 0 amide bonds. The predicted molar refractivity (Wildman–Crippen MR) is 143 cm³/mol. The van der Waals surface area contributed by atoms with E-state index in [1.165, 1.54) is 12.1 Å². The Morgan fingerprint density at radius 1 is 1.08 bits per heavy atom. The van der Waals surface area contributed by atoms with E-state index in [-0.39, 0.29) is 34.3 Å². The van der Waals surface area contributed by atoms with Crippen LogP contribution in [-0.4, -0.2) is 30.3 Å². The Morgan fingerprint density at radius 2 is 1.84 bits per heavy atom. The molecule has 1 aromatic heterocycles. The second-order valence-corrected chi connectivity index (χ2v) is 9.99. The topological polar surface area (TPSA) is 122 Å². The number of unbranched alkanes of at least 4 members (excludes halogenated alkanes) is 1. The van der Waals surface area contributed by atoms with E-state index in [2.05, 4.69) is 14.8 Å². The fraction of sp³-hybridized carbons (Fsp3) is 0.148. The third-order valence-electron chi connectivity index (χ3n) is 5.83. The highest BCUT2D eigenvalue weighted by Gasteiger charge is 2.30. The molecule has 0 fully saturated rings. The molecule has 37 heavy (non-hydrogen) atoms. The van der Waals surface area contributed by atoms with Crippen LogP contribution in [0.15, 0.2) is 92.0 Å². The van der Waals surface area contributed by atoms with Crippen LogP contribution in [0.4, 0.5) is 5.69 Å². The Labute approximate surface area is 213 Å². The summed E-state index contributed by atoms with van der Waals surface area (Å²) < 4.78 is 37.1. The summed E-state index contributed by atoms with van der Waals surface area (Å²) in [7, 11) is -4.22. The van der Waals surface area contributed by atoms with Gasteiger partial charge in [0.05, 0.1) is 11.2 Å². The van der Waals surface area contributed by atoms with Crippen LogP contribution in [0.25, 0.3) is 10.9 Å². The van der Waals surface area contributed by atoms with Gasteiger partial charge in [-0.1, -0.05) is 55.8 Å². The molecule has 0 radical (unpaired) electrons. The van der Waals surface area contributed by atoms with E-state index in [9.17, 15) is 18.3 Å². The highest BCUT2D eigenvalue weighted by molar-refractivity contribution is 7.90. The average Bonchev–Trinajstić information content (AvgIpc) is 2.90. The van der Waals surface area contributed by atoms with Crippen molar-refractivity contribution in [3.05, 3.63) is 94.3 Å². The van der Waals surface area contributed by atoms with Crippen molar-refractivity contribution in [1.82, 2.24) is 4.68 Å². The number of aromatic hydroxyl groups is 1. The zero-order chi connectivity index (χ0) is 26.0. The molecule has 0 bridgehead atoms. The second-order valence-electron chi connectivity index (χ2n) is 8.42. The molecule has 0 saturated heterocycles. The van der Waals surface area contributed by atoms with E-state index >= 15 is 0 Å². The standard InChI is InChI=1S/C27H24N4O5S/c1-2-3-15-28-31-22-12-8-7-11-20(22)25(32)24(27(31)33)26-29-21-14-13-19(16-23(21)37(34,35)30-26)36-17-18-9-5-4-6-10-18/h4-16,32H,2-3,17H2,1H3,(H,29,30). The van der Waals surface area contributed by atoms with Gasteiger partial charge in [-0.25, -0.2) is 0 Å². The molecule has 5 rings (SSSR count). The maximum atomic E-state index is 13.4. The van der Waals surface area contributed by atoms with Crippen LogP contribution in [0.3, 0.4) is 0 Å². The molecule has 0 spiro atoms. The van der Waals surface area contributed by atoms with Gasteiger partial charge in [-0.15, -0.1) is 4.40 Å². The molecule has 0 unspecified atom stereocenters. The molecule has 188 valence electrons. The van der Waals surface area contributed by atoms with Crippen molar-refractivity contribution in [3.63, 3.8) is 0 Å². The molecule has 0 saturated carbocycles. The van der Waals surface area contributed by atoms with Crippen molar-refractivity contribution < 1.29 is 18.3 Å². The molecular formula is C27H24N4O5S. The first kappa shape index (κ1) is 24.3. The monoisotopic (exact) mass is 516 g/mol. The SMILES string of the molecule is CCCC=Nn1c(=O)c(C2=NS(=O)(=O)c3cc(OCc4ccccc4)ccc3N2)c(O)c2ccccc21. The van der Waals surface area contributed by atoms with Crippen LogP contribution in [0.2, 0.25) is 0 Å². The summed E-state index contributed by atoms with van der Waals surface area (Å²) >= 11 is 0. The Morgan fingerprint density at radius 3 is 2.62 bits per heavy atom. The number of hydrogen-bond acceptors (Lipinski definition) is 7. The molecule has 0 aliphatic carbocycles. The molecule has 2 N–H and O–H groups in total.